The van der Waals surface area contributed by atoms with E-state index in [0.717, 1.165) is 10.9 Å². The Morgan fingerprint density at radius 1 is 1.32 bits per heavy atom. The van der Waals surface area contributed by atoms with Gasteiger partial charge in [-0.05, 0) is 24.5 Å². The average Bonchev–Trinajstić information content (AvgIpc) is 3.62. The standard InChI is InChI=1S/C23H25FN7O7PS/c1-10-4-11-5-16(30-3-2-12-20(30)26-8-27-21(12)32)37-14(11)7-36-39(35,40)38-19(17(10)24)23(34)31-9-28-18-13(31)6-15(25)29-22(18)33/h2-3,5-6,8-11,14,17,19,23,34H,4,7H2,1H3,(H,35,40)(H3,25,29,33)(H,26,27,32)/t10?,11?,14-,17-,19-,23-,39?/m1/s1. The highest BCUT2D eigenvalue weighted by Crippen LogP contribution is 2.57. The molecule has 0 spiro atoms. The first kappa shape index (κ1) is 26.8. The molecule has 4 aromatic heterocycles. The number of aromatic nitrogens is 6. The number of thiol groups is 1. The number of hydrogen-bond acceptors (Lipinski definition) is 10. The van der Waals surface area contributed by atoms with Crippen LogP contribution in [0.5, 0.6) is 0 Å². The average molecular weight is 594 g/mol. The van der Waals surface area contributed by atoms with Crippen molar-refractivity contribution in [2.45, 2.75) is 38.0 Å². The van der Waals surface area contributed by atoms with Crippen LogP contribution in [0.25, 0.3) is 27.9 Å². The molecule has 1 saturated heterocycles. The number of rotatable bonds is 3. The number of imidazole rings is 1. The van der Waals surface area contributed by atoms with Crippen LogP contribution in [0.15, 0.2) is 46.6 Å². The van der Waals surface area contributed by atoms with Gasteiger partial charge in [-0.1, -0.05) is 19.2 Å². The predicted octanol–water partition coefficient (Wildman–Crippen LogP) is 2.17. The van der Waals surface area contributed by atoms with E-state index in [1.807, 2.05) is 0 Å². The summed E-state index contributed by atoms with van der Waals surface area (Å²) in [6, 6.07) is 2.96. The highest BCUT2D eigenvalue weighted by molar-refractivity contribution is 8.44. The van der Waals surface area contributed by atoms with Gasteiger partial charge in [0.2, 0.25) is 0 Å². The number of nitrogens with one attached hydrogen (secondary N) is 2. The summed E-state index contributed by atoms with van der Waals surface area (Å²) in [4.78, 5) is 37.4. The minimum absolute atomic E-state index is 0.0110. The summed E-state index contributed by atoms with van der Waals surface area (Å²) in [7, 11) is 0. The molecule has 6 rings (SSSR count). The molecule has 0 aromatic carbocycles. The van der Waals surface area contributed by atoms with Crippen molar-refractivity contribution in [3.8, 4) is 0 Å². The van der Waals surface area contributed by atoms with E-state index >= 15 is 4.39 Å². The molecular formula is C23H25FN7O7PS. The molecule has 14 nitrogen and oxygen atoms in total. The number of nitrogen functional groups attached to an aromatic ring is 1. The third kappa shape index (κ3) is 4.65. The van der Waals surface area contributed by atoms with E-state index in [1.54, 1.807) is 29.8 Å². The van der Waals surface area contributed by atoms with Gasteiger partial charge in [-0.3, -0.25) is 23.2 Å². The molecule has 0 radical (unpaired) electrons. The predicted molar refractivity (Wildman–Crippen MR) is 145 cm³/mol. The fraction of sp³-hybridized carbons (Fsp3) is 0.391. The molecule has 40 heavy (non-hydrogen) atoms. The molecule has 3 unspecified atom stereocenters. The van der Waals surface area contributed by atoms with Crippen LogP contribution in [0.4, 0.5) is 10.2 Å². The lowest BCUT2D eigenvalue weighted by atomic mass is 9.87. The van der Waals surface area contributed by atoms with Gasteiger partial charge in [-0.25, -0.2) is 18.9 Å². The fourth-order valence-corrected chi connectivity index (χ4v) is 6.63. The van der Waals surface area contributed by atoms with Crippen LogP contribution < -0.4 is 16.9 Å². The van der Waals surface area contributed by atoms with Gasteiger partial charge in [0.25, 0.3) is 11.1 Å². The number of aromatic amines is 2. The quantitative estimate of drug-likeness (QED) is 0.174. The second kappa shape index (κ2) is 9.89. The van der Waals surface area contributed by atoms with Crippen LogP contribution in [0.1, 0.15) is 19.6 Å². The van der Waals surface area contributed by atoms with Crippen LogP contribution in [0.2, 0.25) is 0 Å². The zero-order chi connectivity index (χ0) is 28.3. The number of ether oxygens (including phenoxy) is 1. The molecule has 5 N–H and O–H groups in total. The zero-order valence-corrected chi connectivity index (χ0v) is 22.7. The number of H-pyrrole nitrogens is 2. The summed E-state index contributed by atoms with van der Waals surface area (Å²) < 4.78 is 49.1. The van der Waals surface area contributed by atoms with Crippen molar-refractivity contribution < 1.29 is 27.8 Å². The highest BCUT2D eigenvalue weighted by atomic mass is 32.7. The summed E-state index contributed by atoms with van der Waals surface area (Å²) in [6.45, 7) is -2.82. The van der Waals surface area contributed by atoms with Crippen LogP contribution in [-0.4, -0.2) is 59.2 Å². The monoisotopic (exact) mass is 593 g/mol. The first-order valence-corrected chi connectivity index (χ1v) is 15.0. The Kier molecular flexibility index (Phi) is 6.62. The lowest BCUT2D eigenvalue weighted by Crippen LogP contribution is -2.40. The van der Waals surface area contributed by atoms with Gasteiger partial charge < -0.3 is 30.1 Å². The SMILES string of the molecule is CC1CC2C=C(n3ccc4c(=O)[nH]cnc43)O[C@@H]2COP(=O)(S)O[C@@H]([C@@H](O)n2cnc3c(=O)[nH]c(N)cc32)[C@@H]1F. The Balaban J connectivity index is 1.32. The molecule has 0 aliphatic carbocycles. The Bertz CT molecular complexity index is 1800. The Morgan fingerprint density at radius 3 is 2.92 bits per heavy atom. The van der Waals surface area contributed by atoms with E-state index in [1.165, 1.54) is 12.4 Å². The summed E-state index contributed by atoms with van der Waals surface area (Å²) >= 11 is 4.02. The zero-order valence-electron chi connectivity index (χ0n) is 20.9. The van der Waals surface area contributed by atoms with Gasteiger partial charge in [0, 0.05) is 18.2 Å². The second-order valence-electron chi connectivity index (χ2n) is 9.82. The molecule has 2 aliphatic rings. The number of alkyl halides is 1. The second-order valence-corrected chi connectivity index (χ2v) is 12.7. The van der Waals surface area contributed by atoms with E-state index < -0.39 is 42.9 Å². The summed E-state index contributed by atoms with van der Waals surface area (Å²) in [5.74, 6) is -0.757. The highest BCUT2D eigenvalue weighted by Gasteiger charge is 2.44. The van der Waals surface area contributed by atoms with Crippen molar-refractivity contribution in [2.24, 2.45) is 11.8 Å². The summed E-state index contributed by atoms with van der Waals surface area (Å²) in [5.41, 5.74) is 5.31. The number of pyridine rings is 1. The maximum atomic E-state index is 16.1. The molecule has 0 saturated carbocycles. The van der Waals surface area contributed by atoms with Crippen LogP contribution in [0.3, 0.4) is 0 Å². The maximum Gasteiger partial charge on any atom is 0.386 e. The van der Waals surface area contributed by atoms with Crippen molar-refractivity contribution >= 4 is 52.8 Å². The summed E-state index contributed by atoms with van der Waals surface area (Å²) in [5, 5.41) is 11.6. The topological polar surface area (TPSA) is 192 Å². The lowest BCUT2D eigenvalue weighted by molar-refractivity contribution is -0.0756. The maximum absolute atomic E-state index is 16.1. The van der Waals surface area contributed by atoms with E-state index in [4.69, 9.17) is 19.5 Å². The van der Waals surface area contributed by atoms with E-state index in [0.29, 0.717) is 16.9 Å². The van der Waals surface area contributed by atoms with E-state index in [9.17, 15) is 19.3 Å². The number of aliphatic hydroxyl groups is 1. The van der Waals surface area contributed by atoms with Crippen molar-refractivity contribution in [2.75, 3.05) is 12.3 Å². The lowest BCUT2D eigenvalue weighted by Gasteiger charge is -2.34. The van der Waals surface area contributed by atoms with Gasteiger partial charge >= 0.3 is 6.80 Å². The Morgan fingerprint density at radius 2 is 2.12 bits per heavy atom. The van der Waals surface area contributed by atoms with Gasteiger partial charge in [-0.2, -0.15) is 0 Å². The molecular weight excluding hydrogens is 568 g/mol. The largest absolute Gasteiger partial charge is 0.472 e. The molecule has 1 fully saturated rings. The summed E-state index contributed by atoms with van der Waals surface area (Å²) in [6.07, 6.45) is 0.0756. The van der Waals surface area contributed by atoms with Gasteiger partial charge in [0.15, 0.2) is 23.3 Å². The number of hydrogen-bond donors (Lipinski definition) is 5. The first-order chi connectivity index (χ1) is 19.0. The molecule has 0 bridgehead atoms. The number of anilines is 1. The Hall–Kier alpha value is -3.43. The number of aliphatic hydroxyl groups excluding tert-OH is 1. The number of nitrogens with zero attached hydrogens (tertiary/aromatic N) is 4. The molecule has 2 aliphatic heterocycles. The minimum atomic E-state index is -4.23. The number of nitrogens with two attached hydrogens (primary N) is 1. The normalized spacial score (nSPS) is 30.1. The molecule has 212 valence electrons. The molecule has 6 heterocycles. The van der Waals surface area contributed by atoms with Crippen LogP contribution in [0, 0.1) is 11.8 Å². The van der Waals surface area contributed by atoms with Crippen molar-refractivity contribution in [3.05, 3.63) is 57.8 Å². The van der Waals surface area contributed by atoms with Crippen LogP contribution >= 0.6 is 19.0 Å². The first-order valence-electron chi connectivity index (χ1n) is 12.3. The number of fused-ring (bicyclic) bond motifs is 3. The van der Waals surface area contributed by atoms with Crippen molar-refractivity contribution in [3.63, 3.8) is 0 Å². The molecule has 7 atom stereocenters. The third-order valence-electron chi connectivity index (χ3n) is 7.16. The number of halogens is 1. The Labute approximate surface area is 229 Å². The van der Waals surface area contributed by atoms with Crippen molar-refractivity contribution in [1.82, 2.24) is 29.1 Å². The van der Waals surface area contributed by atoms with Gasteiger partial charge in [0.05, 0.1) is 30.2 Å². The van der Waals surface area contributed by atoms with Gasteiger partial charge in [0.1, 0.15) is 24.2 Å². The molecule has 4 aromatic rings. The molecule has 17 heteroatoms. The van der Waals surface area contributed by atoms with Gasteiger partial charge in [-0.15, -0.1) is 0 Å². The van der Waals surface area contributed by atoms with Crippen molar-refractivity contribution in [1.29, 1.82) is 0 Å². The van der Waals surface area contributed by atoms with E-state index in [2.05, 4.69) is 32.2 Å². The smallest absolute Gasteiger partial charge is 0.386 e. The van der Waals surface area contributed by atoms with E-state index in [-0.39, 0.29) is 41.4 Å². The van der Waals surface area contributed by atoms with Crippen LogP contribution in [-0.2, 0) is 18.3 Å². The fourth-order valence-electron chi connectivity index (χ4n) is 5.17. The third-order valence-corrected chi connectivity index (χ3v) is 8.78. The molecule has 0 amide bonds. The minimum Gasteiger partial charge on any atom is -0.472 e.